The van der Waals surface area contributed by atoms with E-state index in [1.165, 1.54) is 12.1 Å². The van der Waals surface area contributed by atoms with Crippen molar-refractivity contribution in [2.24, 2.45) is 12.8 Å². The molecule has 0 fully saturated rings. The first kappa shape index (κ1) is 13.5. The Balaban J connectivity index is 2.09. The van der Waals surface area contributed by atoms with Crippen LogP contribution >= 0.6 is 0 Å². The lowest BCUT2D eigenvalue weighted by molar-refractivity contribution is -0.137. The third-order valence-corrected chi connectivity index (χ3v) is 2.75. The third-order valence-electron chi connectivity index (χ3n) is 2.75. The molecule has 4 nitrogen and oxygen atoms in total. The zero-order valence-corrected chi connectivity index (χ0v) is 10.2. The van der Waals surface area contributed by atoms with Gasteiger partial charge in [0.2, 0.25) is 0 Å². The third kappa shape index (κ3) is 3.31. The zero-order chi connectivity index (χ0) is 14.0. The van der Waals surface area contributed by atoms with Crippen LogP contribution in [-0.2, 0) is 19.6 Å². The number of rotatable bonds is 3. The Morgan fingerprint density at radius 1 is 1.26 bits per heavy atom. The molecule has 1 heterocycles. The Labute approximate surface area is 108 Å². The van der Waals surface area contributed by atoms with E-state index in [0.29, 0.717) is 17.7 Å². The first-order valence-electron chi connectivity index (χ1n) is 5.64. The molecule has 0 aliphatic carbocycles. The van der Waals surface area contributed by atoms with E-state index < -0.39 is 17.8 Å². The number of nitrogens with two attached hydrogens (primary N) is 1. The van der Waals surface area contributed by atoms with Crippen molar-refractivity contribution in [3.8, 4) is 0 Å². The maximum atomic E-state index is 12.4. The highest BCUT2D eigenvalue weighted by Crippen LogP contribution is 2.29. The van der Waals surface area contributed by atoms with E-state index in [1.807, 2.05) is 0 Å². The topological polar surface area (TPSA) is 56.7 Å². The van der Waals surface area contributed by atoms with Crippen LogP contribution in [0.2, 0.25) is 0 Å². The molecule has 0 aliphatic heterocycles. The molecule has 0 aliphatic rings. The van der Waals surface area contributed by atoms with Crippen LogP contribution in [0.5, 0.6) is 0 Å². The number of hydrogen-bond donors (Lipinski definition) is 1. The molecule has 7 heteroatoms. The summed E-state index contributed by atoms with van der Waals surface area (Å²) < 4.78 is 38.8. The van der Waals surface area contributed by atoms with Gasteiger partial charge in [0.25, 0.3) is 0 Å². The Kier molecular flexibility index (Phi) is 3.57. The van der Waals surface area contributed by atoms with Gasteiger partial charge in [0.15, 0.2) is 0 Å². The van der Waals surface area contributed by atoms with Crippen LogP contribution < -0.4 is 5.73 Å². The molecule has 0 amide bonds. The Morgan fingerprint density at radius 2 is 1.89 bits per heavy atom. The van der Waals surface area contributed by atoms with Crippen LogP contribution in [-0.4, -0.2) is 15.0 Å². The maximum Gasteiger partial charge on any atom is 0.416 e. The van der Waals surface area contributed by atoms with Crippen LogP contribution in [0.4, 0.5) is 13.2 Å². The van der Waals surface area contributed by atoms with Crippen molar-refractivity contribution < 1.29 is 13.2 Å². The number of hydrogen-bond acceptors (Lipinski definition) is 3. The molecule has 19 heavy (non-hydrogen) atoms. The zero-order valence-electron chi connectivity index (χ0n) is 10.2. The quantitative estimate of drug-likeness (QED) is 0.929. The predicted octanol–water partition coefficient (Wildman–Crippen LogP) is 2.08. The van der Waals surface area contributed by atoms with E-state index in [0.717, 1.165) is 12.1 Å². The van der Waals surface area contributed by atoms with E-state index in [9.17, 15) is 13.2 Å². The first-order chi connectivity index (χ1) is 8.86. The summed E-state index contributed by atoms with van der Waals surface area (Å²) in [7, 11) is 1.74. The monoisotopic (exact) mass is 270 g/mol. The summed E-state index contributed by atoms with van der Waals surface area (Å²) in [5.41, 5.74) is 6.60. The predicted molar refractivity (Wildman–Crippen MR) is 63.1 cm³/mol. The summed E-state index contributed by atoms with van der Waals surface area (Å²) in [6, 6.07) is 4.45. The van der Waals surface area contributed by atoms with Gasteiger partial charge in [0, 0.05) is 25.7 Å². The van der Waals surface area contributed by atoms with E-state index in [4.69, 9.17) is 5.73 Å². The van der Waals surface area contributed by atoms with Crippen molar-refractivity contribution in [3.63, 3.8) is 0 Å². The molecule has 2 aromatic rings. The van der Waals surface area contributed by atoms with Crippen molar-refractivity contribution in [3.05, 3.63) is 47.3 Å². The SMILES string of the molecule is Cn1cc(CC(N)c2ccc(C(F)(F)F)cc2)nn1. The van der Waals surface area contributed by atoms with Gasteiger partial charge < -0.3 is 5.73 Å². The first-order valence-corrected chi connectivity index (χ1v) is 5.64. The molecule has 2 N–H and O–H groups in total. The van der Waals surface area contributed by atoms with Gasteiger partial charge in [-0.2, -0.15) is 13.2 Å². The summed E-state index contributed by atoms with van der Waals surface area (Å²) in [6.45, 7) is 0. The van der Waals surface area contributed by atoms with Gasteiger partial charge >= 0.3 is 6.18 Å². The molecule has 1 aromatic carbocycles. The lowest BCUT2D eigenvalue weighted by atomic mass is 10.0. The Hall–Kier alpha value is -1.89. The molecule has 0 saturated carbocycles. The van der Waals surface area contributed by atoms with Gasteiger partial charge in [0.05, 0.1) is 11.3 Å². The number of aryl methyl sites for hydroxylation is 1. The van der Waals surface area contributed by atoms with Crippen molar-refractivity contribution in [2.45, 2.75) is 18.6 Å². The summed E-state index contributed by atoms with van der Waals surface area (Å²) in [4.78, 5) is 0. The standard InChI is InChI=1S/C12H13F3N4/c1-19-7-10(17-18-19)6-11(16)8-2-4-9(5-3-8)12(13,14)15/h2-5,7,11H,6,16H2,1H3. The van der Waals surface area contributed by atoms with Crippen LogP contribution in [0, 0.1) is 0 Å². The fourth-order valence-corrected chi connectivity index (χ4v) is 1.75. The summed E-state index contributed by atoms with van der Waals surface area (Å²) >= 11 is 0. The van der Waals surface area contributed by atoms with Crippen molar-refractivity contribution in [1.82, 2.24) is 15.0 Å². The highest BCUT2D eigenvalue weighted by Gasteiger charge is 2.30. The minimum atomic E-state index is -4.33. The second-order valence-corrected chi connectivity index (χ2v) is 4.31. The summed E-state index contributed by atoms with van der Waals surface area (Å²) in [5.74, 6) is 0. The summed E-state index contributed by atoms with van der Waals surface area (Å²) in [5, 5.41) is 7.66. The van der Waals surface area contributed by atoms with Crippen molar-refractivity contribution in [1.29, 1.82) is 0 Å². The minimum absolute atomic E-state index is 0.404. The van der Waals surface area contributed by atoms with E-state index in [1.54, 1.807) is 17.9 Å². The van der Waals surface area contributed by atoms with Crippen LogP contribution in [0.25, 0.3) is 0 Å². The normalized spacial score (nSPS) is 13.5. The molecule has 0 bridgehead atoms. The highest BCUT2D eigenvalue weighted by molar-refractivity contribution is 5.27. The van der Waals surface area contributed by atoms with Crippen molar-refractivity contribution in [2.75, 3.05) is 0 Å². The Morgan fingerprint density at radius 3 is 2.37 bits per heavy atom. The number of benzene rings is 1. The van der Waals surface area contributed by atoms with Crippen molar-refractivity contribution >= 4 is 0 Å². The maximum absolute atomic E-state index is 12.4. The molecule has 0 radical (unpaired) electrons. The van der Waals surface area contributed by atoms with E-state index in [2.05, 4.69) is 10.3 Å². The molecule has 1 unspecified atom stereocenters. The fraction of sp³-hybridized carbons (Fsp3) is 0.333. The van der Waals surface area contributed by atoms with Gasteiger partial charge in [0.1, 0.15) is 0 Å². The number of halogens is 3. The number of nitrogens with zero attached hydrogens (tertiary/aromatic N) is 3. The molecule has 2 rings (SSSR count). The number of aromatic nitrogens is 3. The molecule has 0 spiro atoms. The molecular weight excluding hydrogens is 257 g/mol. The van der Waals surface area contributed by atoms with Gasteiger partial charge in [-0.3, -0.25) is 4.68 Å². The lowest BCUT2D eigenvalue weighted by Crippen LogP contribution is -2.14. The van der Waals surface area contributed by atoms with Crippen LogP contribution in [0.3, 0.4) is 0 Å². The largest absolute Gasteiger partial charge is 0.416 e. The van der Waals surface area contributed by atoms with Gasteiger partial charge in [-0.1, -0.05) is 17.3 Å². The molecule has 1 atom stereocenters. The van der Waals surface area contributed by atoms with E-state index >= 15 is 0 Å². The Bertz CT molecular complexity index is 545. The molecule has 102 valence electrons. The molecular formula is C12H13F3N4. The smallest absolute Gasteiger partial charge is 0.324 e. The number of alkyl halides is 3. The molecule has 0 saturated heterocycles. The minimum Gasteiger partial charge on any atom is -0.324 e. The average Bonchev–Trinajstić information content (AvgIpc) is 2.74. The highest BCUT2D eigenvalue weighted by atomic mass is 19.4. The van der Waals surface area contributed by atoms with E-state index in [-0.39, 0.29) is 0 Å². The summed E-state index contributed by atoms with van der Waals surface area (Å²) in [6.07, 6.45) is -2.17. The average molecular weight is 270 g/mol. The second kappa shape index (κ2) is 5.00. The molecule has 1 aromatic heterocycles. The van der Waals surface area contributed by atoms with Gasteiger partial charge in [-0.05, 0) is 17.7 Å². The second-order valence-electron chi connectivity index (χ2n) is 4.31. The van der Waals surface area contributed by atoms with Gasteiger partial charge in [-0.15, -0.1) is 5.10 Å². The fourth-order valence-electron chi connectivity index (χ4n) is 1.75. The van der Waals surface area contributed by atoms with Crippen LogP contribution in [0.1, 0.15) is 22.9 Å². The van der Waals surface area contributed by atoms with Crippen LogP contribution in [0.15, 0.2) is 30.5 Å². The van der Waals surface area contributed by atoms with Gasteiger partial charge in [-0.25, -0.2) is 0 Å². The lowest BCUT2D eigenvalue weighted by Gasteiger charge is -2.12.